The van der Waals surface area contributed by atoms with Gasteiger partial charge in [0, 0.05) is 18.5 Å². The molecule has 0 aliphatic carbocycles. The van der Waals surface area contributed by atoms with Crippen molar-refractivity contribution in [3.05, 3.63) is 17.7 Å². The molecule has 0 fully saturated rings. The lowest BCUT2D eigenvalue weighted by molar-refractivity contribution is 0.0691. The lowest BCUT2D eigenvalue weighted by Crippen LogP contribution is -2.30. The normalized spacial score (nSPS) is 12.8. The van der Waals surface area contributed by atoms with E-state index in [-0.39, 0.29) is 17.7 Å². The molecule has 0 bridgehead atoms. The van der Waals surface area contributed by atoms with Gasteiger partial charge in [-0.05, 0) is 21.0 Å². The van der Waals surface area contributed by atoms with Crippen molar-refractivity contribution >= 4 is 11.7 Å². The molecule has 1 atom stereocenters. The Labute approximate surface area is 113 Å². The number of aromatic nitrogens is 2. The molecular weight excluding hydrogens is 244 g/mol. The molecule has 0 aromatic carbocycles. The highest BCUT2D eigenvalue weighted by Crippen LogP contribution is 2.17. The first-order chi connectivity index (χ1) is 8.81. The Bertz CT molecular complexity index is 446. The van der Waals surface area contributed by atoms with Crippen molar-refractivity contribution in [2.45, 2.75) is 32.7 Å². The van der Waals surface area contributed by atoms with E-state index in [2.05, 4.69) is 15.3 Å². The van der Waals surface area contributed by atoms with Crippen LogP contribution in [0.5, 0.6) is 0 Å². The standard InChI is InChI=1S/C13H22N4O2/c1-8(2)12-14-6-10(11(16-12)13(18)19)15-9(3)7-17(4)5/h6,8-9,15H,7H2,1-5H3,(H,18,19). The molecule has 0 aliphatic rings. The lowest BCUT2D eigenvalue weighted by atomic mass is 10.2. The van der Waals surface area contributed by atoms with Gasteiger partial charge in [-0.15, -0.1) is 0 Å². The van der Waals surface area contributed by atoms with Crippen molar-refractivity contribution < 1.29 is 9.90 Å². The summed E-state index contributed by atoms with van der Waals surface area (Å²) in [6, 6.07) is 0.113. The molecule has 0 aliphatic heterocycles. The molecule has 19 heavy (non-hydrogen) atoms. The SMILES string of the molecule is CC(CN(C)C)Nc1cnc(C(C)C)nc1C(=O)O. The van der Waals surface area contributed by atoms with E-state index in [1.54, 1.807) is 6.20 Å². The summed E-state index contributed by atoms with van der Waals surface area (Å²) >= 11 is 0. The summed E-state index contributed by atoms with van der Waals surface area (Å²) in [6.07, 6.45) is 1.55. The average Bonchev–Trinajstić information content (AvgIpc) is 2.27. The first-order valence-corrected chi connectivity index (χ1v) is 6.32. The van der Waals surface area contributed by atoms with E-state index >= 15 is 0 Å². The van der Waals surface area contributed by atoms with Crippen molar-refractivity contribution in [2.75, 3.05) is 26.0 Å². The number of likely N-dealkylation sites (N-methyl/N-ethyl adjacent to an activating group) is 1. The summed E-state index contributed by atoms with van der Waals surface area (Å²) in [7, 11) is 3.93. The number of aromatic carboxylic acids is 1. The minimum Gasteiger partial charge on any atom is -0.476 e. The molecule has 1 rings (SSSR count). The molecule has 1 aromatic rings. The molecule has 0 spiro atoms. The van der Waals surface area contributed by atoms with Crippen molar-refractivity contribution in [2.24, 2.45) is 0 Å². The zero-order valence-electron chi connectivity index (χ0n) is 12.1. The van der Waals surface area contributed by atoms with E-state index in [1.807, 2.05) is 39.8 Å². The number of anilines is 1. The van der Waals surface area contributed by atoms with Gasteiger partial charge in [0.1, 0.15) is 5.82 Å². The number of hydrogen-bond acceptors (Lipinski definition) is 5. The number of nitrogens with one attached hydrogen (secondary N) is 1. The van der Waals surface area contributed by atoms with Crippen LogP contribution in [0.15, 0.2) is 6.20 Å². The molecule has 0 radical (unpaired) electrons. The van der Waals surface area contributed by atoms with Crippen LogP contribution >= 0.6 is 0 Å². The molecular formula is C13H22N4O2. The van der Waals surface area contributed by atoms with Gasteiger partial charge in [-0.3, -0.25) is 0 Å². The topological polar surface area (TPSA) is 78.3 Å². The van der Waals surface area contributed by atoms with Gasteiger partial charge < -0.3 is 15.3 Å². The van der Waals surface area contributed by atoms with Crippen LogP contribution < -0.4 is 5.32 Å². The summed E-state index contributed by atoms with van der Waals surface area (Å²) in [4.78, 5) is 21.6. The number of carbonyl (C=O) groups is 1. The molecule has 1 aromatic heterocycles. The summed E-state index contributed by atoms with van der Waals surface area (Å²) in [6.45, 7) is 6.65. The Kier molecular flexibility index (Phi) is 5.23. The maximum atomic E-state index is 11.3. The third-order valence-electron chi connectivity index (χ3n) is 2.57. The monoisotopic (exact) mass is 266 g/mol. The van der Waals surface area contributed by atoms with Crippen molar-refractivity contribution in [3.8, 4) is 0 Å². The highest BCUT2D eigenvalue weighted by molar-refractivity contribution is 5.91. The maximum Gasteiger partial charge on any atom is 0.356 e. The van der Waals surface area contributed by atoms with Crippen LogP contribution in [0.1, 0.15) is 43.0 Å². The van der Waals surface area contributed by atoms with Gasteiger partial charge in [-0.1, -0.05) is 13.8 Å². The molecule has 106 valence electrons. The fourth-order valence-corrected chi connectivity index (χ4v) is 1.80. The Morgan fingerprint density at radius 3 is 2.53 bits per heavy atom. The smallest absolute Gasteiger partial charge is 0.356 e. The van der Waals surface area contributed by atoms with Crippen LogP contribution in [0.4, 0.5) is 5.69 Å². The maximum absolute atomic E-state index is 11.3. The molecule has 6 nitrogen and oxygen atoms in total. The zero-order valence-corrected chi connectivity index (χ0v) is 12.1. The molecule has 0 saturated heterocycles. The summed E-state index contributed by atoms with van der Waals surface area (Å²) in [5, 5.41) is 12.4. The largest absolute Gasteiger partial charge is 0.476 e. The lowest BCUT2D eigenvalue weighted by Gasteiger charge is -2.20. The van der Waals surface area contributed by atoms with Gasteiger partial charge >= 0.3 is 5.97 Å². The second-order valence-electron chi connectivity index (χ2n) is 5.26. The van der Waals surface area contributed by atoms with E-state index < -0.39 is 5.97 Å². The molecule has 1 unspecified atom stereocenters. The Morgan fingerprint density at radius 2 is 2.05 bits per heavy atom. The summed E-state index contributed by atoms with van der Waals surface area (Å²) in [5.41, 5.74) is 0.496. The number of carboxylic acids is 1. The number of hydrogen-bond donors (Lipinski definition) is 2. The Balaban J connectivity index is 2.97. The minimum absolute atomic E-state index is 0.0318. The van der Waals surface area contributed by atoms with E-state index in [9.17, 15) is 9.90 Å². The van der Waals surface area contributed by atoms with E-state index in [1.165, 1.54) is 0 Å². The Morgan fingerprint density at radius 1 is 1.42 bits per heavy atom. The van der Waals surface area contributed by atoms with Crippen LogP contribution in [0.25, 0.3) is 0 Å². The molecule has 6 heteroatoms. The second-order valence-corrected chi connectivity index (χ2v) is 5.26. The second kappa shape index (κ2) is 6.47. The van der Waals surface area contributed by atoms with Crippen LogP contribution in [0.2, 0.25) is 0 Å². The van der Waals surface area contributed by atoms with E-state index in [0.717, 1.165) is 6.54 Å². The minimum atomic E-state index is -1.04. The first-order valence-electron chi connectivity index (χ1n) is 6.32. The predicted molar refractivity (Wildman–Crippen MR) is 74.7 cm³/mol. The molecule has 1 heterocycles. The van der Waals surface area contributed by atoms with Crippen LogP contribution in [0.3, 0.4) is 0 Å². The van der Waals surface area contributed by atoms with Crippen LogP contribution in [-0.4, -0.2) is 52.6 Å². The fraction of sp³-hybridized carbons (Fsp3) is 0.615. The molecule has 0 amide bonds. The Hall–Kier alpha value is -1.69. The van der Waals surface area contributed by atoms with Gasteiger partial charge in [0.25, 0.3) is 0 Å². The van der Waals surface area contributed by atoms with Crippen molar-refractivity contribution in [1.29, 1.82) is 0 Å². The molecule has 0 saturated carbocycles. The highest BCUT2D eigenvalue weighted by Gasteiger charge is 2.17. The van der Waals surface area contributed by atoms with Crippen LogP contribution in [-0.2, 0) is 0 Å². The highest BCUT2D eigenvalue weighted by atomic mass is 16.4. The number of nitrogens with zero attached hydrogens (tertiary/aromatic N) is 3. The third-order valence-corrected chi connectivity index (χ3v) is 2.57. The fourth-order valence-electron chi connectivity index (χ4n) is 1.80. The van der Waals surface area contributed by atoms with Crippen molar-refractivity contribution in [3.63, 3.8) is 0 Å². The van der Waals surface area contributed by atoms with Gasteiger partial charge in [0.05, 0.1) is 11.9 Å². The van der Waals surface area contributed by atoms with Crippen molar-refractivity contribution in [1.82, 2.24) is 14.9 Å². The quantitative estimate of drug-likeness (QED) is 0.815. The van der Waals surface area contributed by atoms with E-state index in [0.29, 0.717) is 11.5 Å². The zero-order chi connectivity index (χ0) is 14.6. The van der Waals surface area contributed by atoms with Gasteiger partial charge in [0.15, 0.2) is 5.69 Å². The van der Waals surface area contributed by atoms with Gasteiger partial charge in [-0.2, -0.15) is 0 Å². The van der Waals surface area contributed by atoms with Gasteiger partial charge in [0.2, 0.25) is 0 Å². The van der Waals surface area contributed by atoms with Gasteiger partial charge in [-0.25, -0.2) is 14.8 Å². The number of rotatable bonds is 6. The number of carboxylic acid groups (broad SMARTS) is 1. The van der Waals surface area contributed by atoms with Crippen LogP contribution in [0, 0.1) is 0 Å². The summed E-state index contributed by atoms with van der Waals surface area (Å²) < 4.78 is 0. The predicted octanol–water partition coefficient (Wildman–Crippen LogP) is 1.66. The first kappa shape index (κ1) is 15.4. The van der Waals surface area contributed by atoms with E-state index in [4.69, 9.17) is 0 Å². The summed E-state index contributed by atoms with van der Waals surface area (Å²) in [5.74, 6) is -0.390. The third kappa shape index (κ3) is 4.48. The molecule has 2 N–H and O–H groups in total. The average molecular weight is 266 g/mol.